The molecular weight excluding hydrogens is 359 g/mol. The van der Waals surface area contributed by atoms with Gasteiger partial charge in [-0.25, -0.2) is 4.39 Å². The minimum atomic E-state index is -0.572. The van der Waals surface area contributed by atoms with E-state index >= 15 is 0 Å². The maximum atomic E-state index is 13.4. The highest BCUT2D eigenvalue weighted by Gasteiger charge is 2.34. The summed E-state index contributed by atoms with van der Waals surface area (Å²) in [4.78, 5) is 13.2. The summed E-state index contributed by atoms with van der Waals surface area (Å²) in [5.74, 6) is -0.195. The molecule has 0 fully saturated rings. The molecule has 142 valence electrons. The van der Waals surface area contributed by atoms with Crippen molar-refractivity contribution in [1.29, 1.82) is 0 Å². The van der Waals surface area contributed by atoms with Crippen LogP contribution in [0.15, 0.2) is 53.7 Å². The first kappa shape index (κ1) is 17.8. The van der Waals surface area contributed by atoms with E-state index in [-0.39, 0.29) is 11.7 Å². The van der Waals surface area contributed by atoms with Gasteiger partial charge in [-0.2, -0.15) is 4.68 Å². The first-order chi connectivity index (χ1) is 13.4. The third-order valence-corrected chi connectivity index (χ3v) is 4.77. The highest BCUT2D eigenvalue weighted by Crippen LogP contribution is 2.35. The van der Waals surface area contributed by atoms with Crippen LogP contribution < -0.4 is 10.6 Å². The van der Waals surface area contributed by atoms with E-state index in [1.54, 1.807) is 19.1 Å². The minimum Gasteiger partial charge on any atom is -0.326 e. The maximum Gasteiger partial charge on any atom is 0.255 e. The number of tetrazole rings is 1. The van der Waals surface area contributed by atoms with Crippen molar-refractivity contribution in [3.8, 4) is 0 Å². The molecule has 1 aromatic heterocycles. The molecule has 1 atom stereocenters. The van der Waals surface area contributed by atoms with Gasteiger partial charge in [-0.3, -0.25) is 4.79 Å². The number of fused-ring (bicyclic) bond motifs is 1. The van der Waals surface area contributed by atoms with Gasteiger partial charge in [-0.1, -0.05) is 34.9 Å². The lowest BCUT2D eigenvalue weighted by molar-refractivity contribution is -0.113. The van der Waals surface area contributed by atoms with Gasteiger partial charge in [0.25, 0.3) is 5.91 Å². The Balaban J connectivity index is 1.76. The van der Waals surface area contributed by atoms with Crippen molar-refractivity contribution in [2.75, 3.05) is 10.6 Å². The number of nitrogens with zero attached hydrogens (tertiary/aromatic N) is 4. The monoisotopic (exact) mass is 378 g/mol. The van der Waals surface area contributed by atoms with Gasteiger partial charge in [0, 0.05) is 11.4 Å². The topological polar surface area (TPSA) is 84.7 Å². The number of aromatic nitrogens is 4. The minimum absolute atomic E-state index is 0.271. The van der Waals surface area contributed by atoms with Crippen molar-refractivity contribution < 1.29 is 9.18 Å². The third-order valence-electron chi connectivity index (χ3n) is 4.77. The predicted octanol–water partition coefficient (Wildman–Crippen LogP) is 3.36. The Hall–Kier alpha value is -3.55. The number of nitrogens with one attached hydrogen (secondary N) is 2. The molecule has 0 aliphatic carbocycles. The standard InChI is InChI=1S/C20H19FN6O/c1-11-4-9-16(12(2)10-11)23-19(28)17-13(3)22-20-24-25-26-27(20)18(17)14-5-7-15(21)8-6-14/h4-10,18H,1-3H3,(H,23,28)(H,22,24,26)/t18-/m0/s1. The SMILES string of the molecule is CC1=C(C(=O)Nc2ccc(C)cc2C)[C@H](c2ccc(F)cc2)n2nnnc2N1. The van der Waals surface area contributed by atoms with E-state index in [9.17, 15) is 9.18 Å². The van der Waals surface area contributed by atoms with Crippen molar-refractivity contribution >= 4 is 17.5 Å². The molecule has 0 unspecified atom stereocenters. The number of hydrogen-bond acceptors (Lipinski definition) is 5. The maximum absolute atomic E-state index is 13.4. The van der Waals surface area contributed by atoms with Gasteiger partial charge in [0.1, 0.15) is 11.9 Å². The van der Waals surface area contributed by atoms with E-state index < -0.39 is 6.04 Å². The average Bonchev–Trinajstić information content (AvgIpc) is 3.11. The zero-order valence-corrected chi connectivity index (χ0v) is 15.7. The summed E-state index contributed by atoms with van der Waals surface area (Å²) in [7, 11) is 0. The van der Waals surface area contributed by atoms with E-state index in [2.05, 4.69) is 26.2 Å². The summed E-state index contributed by atoms with van der Waals surface area (Å²) in [5, 5.41) is 17.7. The molecule has 2 N–H and O–H groups in total. The molecule has 0 bridgehead atoms. The molecule has 7 nitrogen and oxygen atoms in total. The second-order valence-electron chi connectivity index (χ2n) is 6.84. The lowest BCUT2D eigenvalue weighted by atomic mass is 9.95. The first-order valence-electron chi connectivity index (χ1n) is 8.84. The zero-order valence-electron chi connectivity index (χ0n) is 15.7. The van der Waals surface area contributed by atoms with Gasteiger partial charge in [0.15, 0.2) is 0 Å². The van der Waals surface area contributed by atoms with Crippen LogP contribution in [0.5, 0.6) is 0 Å². The van der Waals surface area contributed by atoms with Crippen molar-refractivity contribution in [2.45, 2.75) is 26.8 Å². The van der Waals surface area contributed by atoms with Gasteiger partial charge >= 0.3 is 0 Å². The van der Waals surface area contributed by atoms with Gasteiger partial charge < -0.3 is 10.6 Å². The Morgan fingerprint density at radius 1 is 1.14 bits per heavy atom. The molecule has 3 aromatic rings. The van der Waals surface area contributed by atoms with Crippen LogP contribution in [0.3, 0.4) is 0 Å². The van der Waals surface area contributed by atoms with E-state index in [1.165, 1.54) is 16.8 Å². The summed E-state index contributed by atoms with van der Waals surface area (Å²) in [5.41, 5.74) is 4.63. The molecular formula is C20H19FN6O. The lowest BCUT2D eigenvalue weighted by Crippen LogP contribution is -2.31. The fourth-order valence-corrected chi connectivity index (χ4v) is 3.40. The first-order valence-corrected chi connectivity index (χ1v) is 8.84. The number of anilines is 2. The molecule has 2 aromatic carbocycles. The molecule has 28 heavy (non-hydrogen) atoms. The molecule has 1 aliphatic rings. The second kappa shape index (κ2) is 6.88. The number of benzene rings is 2. The van der Waals surface area contributed by atoms with E-state index in [0.717, 1.165) is 16.8 Å². The van der Waals surface area contributed by atoms with Crippen LogP contribution >= 0.6 is 0 Å². The fraction of sp³-hybridized carbons (Fsp3) is 0.200. The van der Waals surface area contributed by atoms with E-state index in [4.69, 9.17) is 0 Å². The van der Waals surface area contributed by atoms with Gasteiger partial charge in [-0.15, -0.1) is 0 Å². The van der Waals surface area contributed by atoms with Crippen LogP contribution in [0.25, 0.3) is 0 Å². The summed E-state index contributed by atoms with van der Waals surface area (Å²) < 4.78 is 15.0. The lowest BCUT2D eigenvalue weighted by Gasteiger charge is -2.28. The second-order valence-corrected chi connectivity index (χ2v) is 6.84. The van der Waals surface area contributed by atoms with Crippen LogP contribution in [-0.2, 0) is 4.79 Å². The molecule has 4 rings (SSSR count). The number of halogens is 1. The van der Waals surface area contributed by atoms with Crippen molar-refractivity contribution in [2.24, 2.45) is 0 Å². The Morgan fingerprint density at radius 3 is 2.61 bits per heavy atom. The largest absolute Gasteiger partial charge is 0.326 e. The van der Waals surface area contributed by atoms with Gasteiger partial charge in [0.05, 0.1) is 5.57 Å². The smallest absolute Gasteiger partial charge is 0.255 e. The Kier molecular flexibility index (Phi) is 4.38. The highest BCUT2D eigenvalue weighted by atomic mass is 19.1. The van der Waals surface area contributed by atoms with Crippen molar-refractivity contribution in [1.82, 2.24) is 20.2 Å². The Labute approximate surface area is 161 Å². The summed E-state index contributed by atoms with van der Waals surface area (Å²) in [6.07, 6.45) is 0. The third kappa shape index (κ3) is 3.13. The van der Waals surface area contributed by atoms with Crippen LogP contribution in [-0.4, -0.2) is 26.1 Å². The molecule has 0 spiro atoms. The Morgan fingerprint density at radius 2 is 1.89 bits per heavy atom. The number of carbonyl (C=O) groups is 1. The normalized spacial score (nSPS) is 15.8. The van der Waals surface area contributed by atoms with Crippen molar-refractivity contribution in [3.63, 3.8) is 0 Å². The average molecular weight is 378 g/mol. The van der Waals surface area contributed by atoms with Crippen LogP contribution in [0.4, 0.5) is 16.0 Å². The molecule has 1 amide bonds. The quantitative estimate of drug-likeness (QED) is 0.730. The van der Waals surface area contributed by atoms with Crippen LogP contribution in [0.2, 0.25) is 0 Å². The van der Waals surface area contributed by atoms with Crippen LogP contribution in [0.1, 0.15) is 29.7 Å². The van der Waals surface area contributed by atoms with Gasteiger partial charge in [-0.05, 0) is 60.5 Å². The van der Waals surface area contributed by atoms with E-state index in [0.29, 0.717) is 22.8 Å². The van der Waals surface area contributed by atoms with E-state index in [1.807, 2.05) is 32.0 Å². The van der Waals surface area contributed by atoms with Crippen LogP contribution in [0, 0.1) is 19.7 Å². The number of carbonyl (C=O) groups excluding carboxylic acids is 1. The summed E-state index contributed by atoms with van der Waals surface area (Å²) in [6, 6.07) is 11.2. The predicted molar refractivity (Wildman–Crippen MR) is 103 cm³/mol. The number of hydrogen-bond donors (Lipinski definition) is 2. The molecule has 1 aliphatic heterocycles. The summed E-state index contributed by atoms with van der Waals surface area (Å²) in [6.45, 7) is 5.74. The van der Waals surface area contributed by atoms with Gasteiger partial charge in [0.2, 0.25) is 5.95 Å². The fourth-order valence-electron chi connectivity index (χ4n) is 3.40. The molecule has 2 heterocycles. The number of aryl methyl sites for hydroxylation is 2. The molecule has 0 saturated heterocycles. The number of allylic oxidation sites excluding steroid dienone is 1. The zero-order chi connectivity index (χ0) is 19.8. The Bertz CT molecular complexity index is 1090. The molecule has 0 saturated carbocycles. The number of amides is 1. The van der Waals surface area contributed by atoms with Crippen molar-refractivity contribution in [3.05, 3.63) is 76.2 Å². The highest BCUT2D eigenvalue weighted by molar-refractivity contribution is 6.06. The summed E-state index contributed by atoms with van der Waals surface area (Å²) >= 11 is 0. The molecule has 8 heteroatoms. The molecule has 0 radical (unpaired) electrons. The number of rotatable bonds is 3.